The van der Waals surface area contributed by atoms with Crippen LogP contribution in [0.1, 0.15) is 19.4 Å². The summed E-state index contributed by atoms with van der Waals surface area (Å²) in [5, 5.41) is 10.1. The number of rotatable bonds is 6. The topological polar surface area (TPSA) is 86.6 Å². The Morgan fingerprint density at radius 1 is 0.939 bits per heavy atom. The molecule has 0 radical (unpaired) electrons. The lowest BCUT2D eigenvalue weighted by molar-refractivity contribution is -0.117. The van der Waals surface area contributed by atoms with Crippen LogP contribution in [0.15, 0.2) is 58.6 Å². The molecule has 8 nitrogen and oxygen atoms in total. The zero-order chi connectivity index (χ0) is 23.7. The predicted molar refractivity (Wildman–Crippen MR) is 117 cm³/mol. The van der Waals surface area contributed by atoms with Crippen molar-refractivity contribution in [2.45, 2.75) is 25.6 Å². The highest BCUT2D eigenvalue weighted by Gasteiger charge is 2.35. The van der Waals surface area contributed by atoms with Crippen LogP contribution in [0.2, 0.25) is 0 Å². The maximum Gasteiger partial charge on any atom is 0.387 e. The van der Waals surface area contributed by atoms with E-state index in [1.54, 1.807) is 31.4 Å². The van der Waals surface area contributed by atoms with Crippen molar-refractivity contribution in [2.75, 3.05) is 12.1 Å². The van der Waals surface area contributed by atoms with Crippen molar-refractivity contribution in [1.29, 1.82) is 0 Å². The van der Waals surface area contributed by atoms with Gasteiger partial charge in [0, 0.05) is 18.1 Å². The molecule has 2 heterocycles. The Hall–Kier alpha value is -3.73. The van der Waals surface area contributed by atoms with E-state index in [4.69, 9.17) is 4.74 Å². The predicted octanol–water partition coefficient (Wildman–Crippen LogP) is 4.10. The van der Waals surface area contributed by atoms with E-state index in [1.165, 1.54) is 47.8 Å². The van der Waals surface area contributed by atoms with E-state index in [0.717, 1.165) is 11.8 Å². The molecule has 0 aliphatic carbocycles. The van der Waals surface area contributed by atoms with Crippen molar-refractivity contribution in [1.82, 2.24) is 14.9 Å². The number of nitrogens with zero attached hydrogens (tertiary/aromatic N) is 4. The first-order valence-corrected chi connectivity index (χ1v) is 10.5. The van der Waals surface area contributed by atoms with Gasteiger partial charge >= 0.3 is 6.61 Å². The number of thioether (sulfide) groups is 1. The summed E-state index contributed by atoms with van der Waals surface area (Å²) in [5.74, 6) is 0.316. The fourth-order valence-electron chi connectivity index (χ4n) is 3.35. The molecule has 1 aliphatic heterocycles. The number of amides is 1. The van der Waals surface area contributed by atoms with Crippen molar-refractivity contribution >= 4 is 29.1 Å². The number of methoxy groups -OCH3 is 1. The molecule has 1 aliphatic rings. The number of hydrogen-bond donors (Lipinski definition) is 0. The summed E-state index contributed by atoms with van der Waals surface area (Å²) < 4.78 is 36.2. The molecule has 0 N–H and O–H groups in total. The van der Waals surface area contributed by atoms with Gasteiger partial charge in [-0.05, 0) is 67.2 Å². The number of aromatic nitrogens is 3. The van der Waals surface area contributed by atoms with Gasteiger partial charge in [0.05, 0.1) is 17.7 Å². The molecule has 0 fully saturated rings. The largest absolute Gasteiger partial charge is 0.497 e. The van der Waals surface area contributed by atoms with E-state index in [2.05, 4.69) is 14.9 Å². The second-order valence-corrected chi connectivity index (χ2v) is 7.89. The van der Waals surface area contributed by atoms with E-state index >= 15 is 0 Å². The number of allylic oxidation sites excluding steroid dienone is 1. The second kappa shape index (κ2) is 9.02. The van der Waals surface area contributed by atoms with Gasteiger partial charge in [-0.3, -0.25) is 9.59 Å². The molecule has 1 aromatic heterocycles. The van der Waals surface area contributed by atoms with Crippen molar-refractivity contribution in [3.05, 3.63) is 59.0 Å². The van der Waals surface area contributed by atoms with E-state index in [0.29, 0.717) is 33.6 Å². The SMILES string of the molecule is COc1ccc(-c2nnc3n2N(C(C)=O)C(c2ccc(OC(F)F)cc2)=C(C(C)=O)S3)cc1. The smallest absolute Gasteiger partial charge is 0.387 e. The molecule has 0 saturated carbocycles. The Kier molecular flexibility index (Phi) is 6.14. The Morgan fingerprint density at radius 2 is 1.55 bits per heavy atom. The molecule has 0 atom stereocenters. The van der Waals surface area contributed by atoms with Gasteiger partial charge in [-0.2, -0.15) is 13.5 Å². The number of halogens is 2. The standard InChI is InChI=1S/C22H18F2N4O4S/c1-12(29)19-18(14-4-10-17(11-5-14)32-21(23)24)27(13(2)30)28-20(25-26-22(28)33-19)15-6-8-16(31-3)9-7-15/h4-11,21H,1-3H3. The zero-order valence-corrected chi connectivity index (χ0v) is 18.6. The number of hydrogen-bond acceptors (Lipinski definition) is 7. The summed E-state index contributed by atoms with van der Waals surface area (Å²) in [6.45, 7) is -0.233. The van der Waals surface area contributed by atoms with Crippen LogP contribution in [-0.2, 0) is 9.59 Å². The summed E-state index contributed by atoms with van der Waals surface area (Å²) in [6.07, 6.45) is 0. The van der Waals surface area contributed by atoms with Gasteiger partial charge in [0.15, 0.2) is 11.6 Å². The Labute approximate surface area is 191 Å². The fraction of sp³-hybridized carbons (Fsp3) is 0.182. The van der Waals surface area contributed by atoms with Gasteiger partial charge in [-0.25, -0.2) is 5.01 Å². The fourth-order valence-corrected chi connectivity index (χ4v) is 4.31. The molecular formula is C22H18F2N4O4S. The van der Waals surface area contributed by atoms with Gasteiger partial charge in [0.2, 0.25) is 11.1 Å². The van der Waals surface area contributed by atoms with Crippen LogP contribution < -0.4 is 14.5 Å². The van der Waals surface area contributed by atoms with Crippen molar-refractivity contribution in [3.8, 4) is 22.9 Å². The number of Topliss-reactive ketones (excluding diaryl/α,β-unsaturated/α-hetero) is 1. The normalized spacial score (nSPS) is 13.2. The van der Waals surface area contributed by atoms with Crippen LogP contribution in [-0.4, -0.2) is 40.3 Å². The summed E-state index contributed by atoms with van der Waals surface area (Å²) in [4.78, 5) is 25.6. The zero-order valence-electron chi connectivity index (χ0n) is 17.8. The molecule has 3 aromatic rings. The highest BCUT2D eigenvalue weighted by atomic mass is 32.2. The maximum atomic E-state index is 12.9. The Morgan fingerprint density at radius 3 is 2.09 bits per heavy atom. The van der Waals surface area contributed by atoms with Gasteiger partial charge in [0.1, 0.15) is 11.5 Å². The molecule has 0 saturated heterocycles. The quantitative estimate of drug-likeness (QED) is 0.534. The molecule has 0 unspecified atom stereocenters. The third-order valence-corrected chi connectivity index (χ3v) is 5.87. The highest BCUT2D eigenvalue weighted by Crippen LogP contribution is 2.41. The third-order valence-electron chi connectivity index (χ3n) is 4.75. The second-order valence-electron chi connectivity index (χ2n) is 6.92. The summed E-state index contributed by atoms with van der Waals surface area (Å²) >= 11 is 1.08. The molecular weight excluding hydrogens is 454 g/mol. The van der Waals surface area contributed by atoms with E-state index in [1.807, 2.05) is 0 Å². The van der Waals surface area contributed by atoms with Crippen LogP contribution in [0.3, 0.4) is 0 Å². The van der Waals surface area contributed by atoms with E-state index < -0.39 is 12.5 Å². The van der Waals surface area contributed by atoms with Crippen molar-refractivity contribution in [2.24, 2.45) is 0 Å². The molecule has 4 rings (SSSR count). The number of fused-ring (bicyclic) bond motifs is 1. The lowest BCUT2D eigenvalue weighted by atomic mass is 10.1. The number of alkyl halides is 2. The molecule has 0 bridgehead atoms. The molecule has 33 heavy (non-hydrogen) atoms. The first kappa shape index (κ1) is 22.5. The van der Waals surface area contributed by atoms with Crippen LogP contribution >= 0.6 is 11.8 Å². The van der Waals surface area contributed by atoms with Gasteiger partial charge in [-0.15, -0.1) is 10.2 Å². The van der Waals surface area contributed by atoms with Crippen LogP contribution in [0.5, 0.6) is 11.5 Å². The van der Waals surface area contributed by atoms with Crippen LogP contribution in [0, 0.1) is 0 Å². The first-order valence-electron chi connectivity index (χ1n) is 9.69. The Bertz CT molecular complexity index is 1240. The molecule has 170 valence electrons. The highest BCUT2D eigenvalue weighted by molar-refractivity contribution is 8.04. The lowest BCUT2D eigenvalue weighted by Gasteiger charge is -2.32. The monoisotopic (exact) mass is 472 g/mol. The van der Waals surface area contributed by atoms with Gasteiger partial charge in [-0.1, -0.05) is 0 Å². The molecule has 11 heteroatoms. The molecule has 1 amide bonds. The minimum Gasteiger partial charge on any atom is -0.497 e. The number of ketones is 1. The molecule has 2 aromatic carbocycles. The first-order chi connectivity index (χ1) is 15.8. The number of carbonyl (C=O) groups is 2. The van der Waals surface area contributed by atoms with Gasteiger partial charge in [0.25, 0.3) is 0 Å². The van der Waals surface area contributed by atoms with Crippen LogP contribution in [0.25, 0.3) is 17.1 Å². The van der Waals surface area contributed by atoms with Gasteiger partial charge < -0.3 is 9.47 Å². The van der Waals surface area contributed by atoms with Crippen molar-refractivity contribution in [3.63, 3.8) is 0 Å². The van der Waals surface area contributed by atoms with Crippen LogP contribution in [0.4, 0.5) is 8.78 Å². The van der Waals surface area contributed by atoms with Crippen molar-refractivity contribution < 1.29 is 27.8 Å². The van der Waals surface area contributed by atoms with E-state index in [9.17, 15) is 18.4 Å². The lowest BCUT2D eigenvalue weighted by Crippen LogP contribution is -2.41. The maximum absolute atomic E-state index is 12.9. The summed E-state index contributed by atoms with van der Waals surface area (Å²) in [6, 6.07) is 12.8. The average molecular weight is 472 g/mol. The minimum atomic E-state index is -2.96. The number of ether oxygens (including phenoxy) is 2. The molecule has 0 spiro atoms. The number of benzene rings is 2. The van der Waals surface area contributed by atoms with E-state index in [-0.39, 0.29) is 16.4 Å². The summed E-state index contributed by atoms with van der Waals surface area (Å²) in [5.41, 5.74) is 1.43. The summed E-state index contributed by atoms with van der Waals surface area (Å²) in [7, 11) is 1.56. The number of carbonyl (C=O) groups excluding carboxylic acids is 2. The average Bonchev–Trinajstić information content (AvgIpc) is 3.21. The Balaban J connectivity index is 1.85. The minimum absolute atomic E-state index is 0.0412. The third kappa shape index (κ3) is 4.31.